The highest BCUT2D eigenvalue weighted by Crippen LogP contribution is 2.48. The van der Waals surface area contributed by atoms with Gasteiger partial charge in [0.05, 0.1) is 18.0 Å². The Kier molecular flexibility index (Phi) is 15.8. The Morgan fingerprint density at radius 3 is 1.50 bits per heavy atom. The summed E-state index contributed by atoms with van der Waals surface area (Å²) in [6.45, 7) is 9.44. The van der Waals surface area contributed by atoms with Crippen molar-refractivity contribution < 1.29 is 4.74 Å². The molecule has 5 nitrogen and oxygen atoms in total. The predicted octanol–water partition coefficient (Wildman–Crippen LogP) is 21.9. The number of ether oxygens (including phenoxy) is 1. The maximum Gasteiger partial charge on any atom is 0.119 e. The molecule has 10 aromatic carbocycles. The number of unbranched alkanes of at least 4 members (excludes halogenated alkanes) is 5. The molecule has 12 rings (SSSR count). The molecule has 0 saturated carbocycles. The van der Waals surface area contributed by atoms with Crippen LogP contribution in [0.5, 0.6) is 5.75 Å². The standard InChI is InChI=1S/C77H68N4O/c1-5-7-8-9-10-17-45-82-69-34-36-71-73(53-69)77(64-32-30-57-46-54(3)23-27-59(57)49-64)70-35-24-55(4)47-72(70)76(71)63-33-31-58-48-56(25-28-60(58)50-63)26-29-62-52-74(80(65-19-13-11-14-20-65)67-37-41-78-42-38-67)61(18-6-2)51-75(62)81(66-21-15-12-16-22-66)68-39-43-79-44-40-68/h6,11-16,18-44,46-53H,5,7-10,17,45H2,1-4H3/b18-6+,29-26+. The number of rotatable bonds is 19. The van der Waals surface area contributed by atoms with E-state index in [1.165, 1.54) is 109 Å². The molecule has 0 bridgehead atoms. The Balaban J connectivity index is 0.976. The van der Waals surface area contributed by atoms with E-state index in [1.54, 1.807) is 0 Å². The smallest absolute Gasteiger partial charge is 0.119 e. The van der Waals surface area contributed by atoms with Crippen molar-refractivity contribution in [3.8, 4) is 28.0 Å². The second-order valence-electron chi connectivity index (χ2n) is 21.6. The van der Waals surface area contributed by atoms with E-state index in [9.17, 15) is 0 Å². The van der Waals surface area contributed by atoms with Crippen LogP contribution in [0.15, 0.2) is 237 Å². The van der Waals surface area contributed by atoms with E-state index >= 15 is 0 Å². The highest BCUT2D eigenvalue weighted by Gasteiger charge is 2.23. The molecule has 5 heteroatoms. The number of benzene rings is 10. The van der Waals surface area contributed by atoms with Gasteiger partial charge in [0.2, 0.25) is 0 Å². The average molecular weight is 1070 g/mol. The topological polar surface area (TPSA) is 41.5 Å². The SMILES string of the molecule is C/C=C/c1cc(N(c2ccccc2)c2ccncc2)c(/C=C/c2ccc3cc(-c4c5ccc(OCCCCCCCC)cc5c(-c5ccc6cc(C)ccc6c5)c5ccc(C)cc45)ccc3c2)cc1N(c1ccccc1)c1ccncc1. The van der Waals surface area contributed by atoms with Crippen LogP contribution in [-0.2, 0) is 0 Å². The predicted molar refractivity (Wildman–Crippen MR) is 351 cm³/mol. The van der Waals surface area contributed by atoms with E-state index in [-0.39, 0.29) is 0 Å². The van der Waals surface area contributed by atoms with Crippen LogP contribution in [0.3, 0.4) is 0 Å². The molecule has 2 aromatic heterocycles. The number of aromatic nitrogens is 2. The third-order valence-electron chi connectivity index (χ3n) is 15.8. The first kappa shape index (κ1) is 53.1. The van der Waals surface area contributed by atoms with Gasteiger partial charge in [0.15, 0.2) is 0 Å². The lowest BCUT2D eigenvalue weighted by Crippen LogP contribution is -2.15. The Morgan fingerprint density at radius 2 is 0.890 bits per heavy atom. The largest absolute Gasteiger partial charge is 0.494 e. The van der Waals surface area contributed by atoms with Crippen molar-refractivity contribution in [2.24, 2.45) is 0 Å². The van der Waals surface area contributed by atoms with Gasteiger partial charge in [-0.25, -0.2) is 0 Å². The zero-order valence-corrected chi connectivity index (χ0v) is 47.4. The third-order valence-corrected chi connectivity index (χ3v) is 15.8. The lowest BCUT2D eigenvalue weighted by Gasteiger charge is -2.31. The second kappa shape index (κ2) is 24.4. The fourth-order valence-corrected chi connectivity index (χ4v) is 11.8. The molecule has 0 unspecified atom stereocenters. The minimum Gasteiger partial charge on any atom is -0.494 e. The van der Waals surface area contributed by atoms with E-state index in [4.69, 9.17) is 4.74 Å². The highest BCUT2D eigenvalue weighted by molar-refractivity contribution is 6.22. The molecule has 402 valence electrons. The van der Waals surface area contributed by atoms with Crippen LogP contribution in [0.2, 0.25) is 0 Å². The monoisotopic (exact) mass is 1060 g/mol. The molecule has 0 amide bonds. The fraction of sp³-hybridized carbons (Fsp3) is 0.143. The first-order chi connectivity index (χ1) is 40.4. The van der Waals surface area contributed by atoms with Crippen molar-refractivity contribution in [1.29, 1.82) is 0 Å². The lowest BCUT2D eigenvalue weighted by molar-refractivity contribution is 0.305. The van der Waals surface area contributed by atoms with Gasteiger partial charge in [0, 0.05) is 58.7 Å². The van der Waals surface area contributed by atoms with Crippen LogP contribution in [0.4, 0.5) is 34.1 Å². The summed E-state index contributed by atoms with van der Waals surface area (Å²) in [6, 6.07) is 75.4. The van der Waals surface area contributed by atoms with Crippen LogP contribution in [0.25, 0.3) is 83.6 Å². The van der Waals surface area contributed by atoms with Gasteiger partial charge in [-0.05, 0) is 189 Å². The van der Waals surface area contributed by atoms with Gasteiger partial charge >= 0.3 is 0 Å². The molecule has 0 spiro atoms. The summed E-state index contributed by atoms with van der Waals surface area (Å²) in [5.74, 6) is 0.916. The quantitative estimate of drug-likeness (QED) is 0.0459. The van der Waals surface area contributed by atoms with Gasteiger partial charge in [-0.3, -0.25) is 9.97 Å². The van der Waals surface area contributed by atoms with E-state index in [0.717, 1.165) is 63.0 Å². The number of hydrogen-bond acceptors (Lipinski definition) is 5. The molecule has 12 aromatic rings. The first-order valence-corrected chi connectivity index (χ1v) is 29.1. The molecule has 2 heterocycles. The summed E-state index contributed by atoms with van der Waals surface area (Å²) in [4.78, 5) is 13.5. The molecule has 0 saturated heterocycles. The maximum absolute atomic E-state index is 6.60. The summed E-state index contributed by atoms with van der Waals surface area (Å²) < 4.78 is 6.60. The van der Waals surface area contributed by atoms with Crippen molar-refractivity contribution in [2.45, 2.75) is 66.2 Å². The molecule has 0 fully saturated rings. The number of aryl methyl sites for hydroxylation is 2. The third kappa shape index (κ3) is 11.3. The van der Waals surface area contributed by atoms with Gasteiger partial charge in [0.1, 0.15) is 5.75 Å². The number of fused-ring (bicyclic) bond motifs is 4. The van der Waals surface area contributed by atoms with Crippen LogP contribution in [0.1, 0.15) is 80.2 Å². The number of allylic oxidation sites excluding steroid dienone is 1. The van der Waals surface area contributed by atoms with Crippen LogP contribution < -0.4 is 14.5 Å². The Labute approximate surface area is 483 Å². The number of hydrogen-bond donors (Lipinski definition) is 0. The normalized spacial score (nSPS) is 11.7. The molecule has 0 N–H and O–H groups in total. The summed E-state index contributed by atoms with van der Waals surface area (Å²) in [6.07, 6.45) is 23.6. The number of pyridine rings is 2. The minimum atomic E-state index is 0.714. The highest BCUT2D eigenvalue weighted by atomic mass is 16.5. The first-order valence-electron chi connectivity index (χ1n) is 29.1. The zero-order valence-electron chi connectivity index (χ0n) is 47.4. The Bertz CT molecular complexity index is 4190. The van der Waals surface area contributed by atoms with Gasteiger partial charge < -0.3 is 14.5 Å². The minimum absolute atomic E-state index is 0.714. The molecule has 82 heavy (non-hydrogen) atoms. The lowest BCUT2D eigenvalue weighted by atomic mass is 9.84. The van der Waals surface area contributed by atoms with Crippen molar-refractivity contribution >= 4 is 95.4 Å². The van der Waals surface area contributed by atoms with E-state index < -0.39 is 0 Å². The summed E-state index contributed by atoms with van der Waals surface area (Å²) in [5, 5.41) is 9.73. The average Bonchev–Trinajstić information content (AvgIpc) is 3.37. The van der Waals surface area contributed by atoms with Crippen LogP contribution >= 0.6 is 0 Å². The summed E-state index contributed by atoms with van der Waals surface area (Å²) in [7, 11) is 0. The van der Waals surface area contributed by atoms with Crippen molar-refractivity contribution in [2.75, 3.05) is 16.4 Å². The number of anilines is 6. The van der Waals surface area contributed by atoms with Gasteiger partial charge in [-0.2, -0.15) is 0 Å². The second-order valence-corrected chi connectivity index (χ2v) is 21.6. The van der Waals surface area contributed by atoms with Gasteiger partial charge in [0.25, 0.3) is 0 Å². The Morgan fingerprint density at radius 1 is 0.402 bits per heavy atom. The van der Waals surface area contributed by atoms with Crippen molar-refractivity contribution in [3.05, 3.63) is 265 Å². The molecule has 0 aliphatic heterocycles. The number of para-hydroxylation sites is 2. The van der Waals surface area contributed by atoms with Crippen LogP contribution in [0, 0.1) is 13.8 Å². The van der Waals surface area contributed by atoms with Crippen molar-refractivity contribution in [1.82, 2.24) is 9.97 Å². The summed E-state index contributed by atoms with van der Waals surface area (Å²) in [5.41, 5.74) is 16.8. The molecule has 0 radical (unpaired) electrons. The van der Waals surface area contributed by atoms with E-state index in [2.05, 4.69) is 278 Å². The maximum atomic E-state index is 6.60. The molecule has 0 aliphatic rings. The molecule has 0 aliphatic carbocycles. The Hall–Kier alpha value is -9.58. The van der Waals surface area contributed by atoms with Gasteiger partial charge in [-0.1, -0.05) is 190 Å². The van der Waals surface area contributed by atoms with E-state index in [0.29, 0.717) is 6.61 Å². The van der Waals surface area contributed by atoms with Crippen molar-refractivity contribution in [3.63, 3.8) is 0 Å². The zero-order chi connectivity index (χ0) is 55.8. The van der Waals surface area contributed by atoms with Crippen LogP contribution in [-0.4, -0.2) is 16.6 Å². The van der Waals surface area contributed by atoms with E-state index in [1.807, 2.05) is 24.8 Å². The fourth-order valence-electron chi connectivity index (χ4n) is 11.8. The number of nitrogens with zero attached hydrogens (tertiary/aromatic N) is 4. The van der Waals surface area contributed by atoms with Gasteiger partial charge in [-0.15, -0.1) is 0 Å². The molecular formula is C77H68N4O. The molecule has 0 atom stereocenters. The summed E-state index contributed by atoms with van der Waals surface area (Å²) >= 11 is 0. The molecular weight excluding hydrogens is 997 g/mol.